The number of hydrogen-bond donors (Lipinski definition) is 2. The van der Waals surface area contributed by atoms with Gasteiger partial charge in [0.1, 0.15) is 4.70 Å². The number of carbonyl (C=O) groups excluding carboxylic acids is 2. The Balaban J connectivity index is 1.16. The molecule has 176 valence electrons. The van der Waals surface area contributed by atoms with E-state index in [9.17, 15) is 9.59 Å². The lowest BCUT2D eigenvalue weighted by atomic mass is 9.82. The van der Waals surface area contributed by atoms with Crippen LogP contribution in [0.4, 0.5) is 5.95 Å². The van der Waals surface area contributed by atoms with Crippen LogP contribution < -0.4 is 10.6 Å². The number of likely N-dealkylation sites (tertiary alicyclic amines) is 1. The minimum atomic E-state index is -0.151. The molecule has 2 amide bonds. The van der Waals surface area contributed by atoms with E-state index in [1.54, 1.807) is 17.3 Å². The van der Waals surface area contributed by atoms with Crippen LogP contribution in [0.1, 0.15) is 53.3 Å². The Hall–Kier alpha value is -3.14. The second-order valence-corrected chi connectivity index (χ2v) is 11.0. The highest BCUT2D eigenvalue weighted by Gasteiger charge is 2.48. The number of rotatable bonds is 6. The number of nitrogens with one attached hydrogen (secondary N) is 2. The zero-order chi connectivity index (χ0) is 23.4. The summed E-state index contributed by atoms with van der Waals surface area (Å²) in [5.41, 5.74) is 1.87. The lowest BCUT2D eigenvalue weighted by Crippen LogP contribution is -2.61. The number of nitrogens with zero attached hydrogens (tertiary/aromatic N) is 5. The van der Waals surface area contributed by atoms with Crippen LogP contribution in [0.5, 0.6) is 0 Å². The topological polar surface area (TPSA) is 113 Å². The fourth-order valence-corrected chi connectivity index (χ4v) is 6.26. The zero-order valence-corrected chi connectivity index (χ0v) is 20.0. The van der Waals surface area contributed by atoms with Crippen LogP contribution in [-0.2, 0) is 4.79 Å². The Bertz CT molecular complexity index is 1250. The lowest BCUT2D eigenvalue weighted by Gasteiger charge is -2.40. The first-order valence-electron chi connectivity index (χ1n) is 11.9. The van der Waals surface area contributed by atoms with E-state index < -0.39 is 0 Å². The van der Waals surface area contributed by atoms with Crippen LogP contribution >= 0.6 is 11.3 Å². The molecule has 34 heavy (non-hydrogen) atoms. The maximum atomic E-state index is 13.4. The molecule has 4 aliphatic rings. The molecule has 9 nitrogen and oxygen atoms in total. The molecule has 3 saturated carbocycles. The number of hydrogen-bond acceptors (Lipinski definition) is 8. The van der Waals surface area contributed by atoms with Gasteiger partial charge in [-0.2, -0.15) is 4.98 Å². The standard InChI is InChI=1S/C24H27N7O2S/c1-12(15-4-3-5-25-9-15)26-24-29-19(20-21(30-24)27-13(2)34-20)23(33)31-10-17(11-31)28-22(32)18-8-14-6-16(18)7-14/h3-5,9,12,14,16-18H,6-8,10-11H2,1-2H3,(H,28,32)(H,26,29,30). The van der Waals surface area contributed by atoms with Crippen LogP contribution in [0.25, 0.3) is 10.3 Å². The number of aromatic nitrogens is 4. The van der Waals surface area contributed by atoms with E-state index in [2.05, 4.69) is 30.6 Å². The molecule has 4 fully saturated rings. The molecule has 3 aromatic rings. The van der Waals surface area contributed by atoms with Crippen LogP contribution in [0.3, 0.4) is 0 Å². The summed E-state index contributed by atoms with van der Waals surface area (Å²) in [7, 11) is 0. The van der Waals surface area contributed by atoms with Gasteiger partial charge in [0.15, 0.2) is 11.3 Å². The number of carbonyl (C=O) groups is 2. The van der Waals surface area contributed by atoms with Crippen molar-refractivity contribution in [1.82, 2.24) is 30.2 Å². The van der Waals surface area contributed by atoms with Crippen LogP contribution in [-0.4, -0.2) is 55.8 Å². The second-order valence-electron chi connectivity index (χ2n) is 9.79. The van der Waals surface area contributed by atoms with E-state index in [0.29, 0.717) is 41.0 Å². The number of pyridine rings is 1. The minimum absolute atomic E-state index is 0.0120. The summed E-state index contributed by atoms with van der Waals surface area (Å²) >= 11 is 1.43. The van der Waals surface area contributed by atoms with E-state index in [1.165, 1.54) is 24.2 Å². The Morgan fingerprint density at radius 1 is 1.18 bits per heavy atom. The van der Waals surface area contributed by atoms with Gasteiger partial charge < -0.3 is 15.5 Å². The Morgan fingerprint density at radius 2 is 2.00 bits per heavy atom. The number of aryl methyl sites for hydroxylation is 1. The fourth-order valence-electron chi connectivity index (χ4n) is 5.42. The van der Waals surface area contributed by atoms with Crippen molar-refractivity contribution in [1.29, 1.82) is 0 Å². The molecule has 0 aromatic carbocycles. The van der Waals surface area contributed by atoms with E-state index in [1.807, 2.05) is 26.0 Å². The van der Waals surface area contributed by atoms with Gasteiger partial charge in [0.05, 0.1) is 17.1 Å². The van der Waals surface area contributed by atoms with Gasteiger partial charge in [-0.1, -0.05) is 6.07 Å². The largest absolute Gasteiger partial charge is 0.350 e. The van der Waals surface area contributed by atoms with Gasteiger partial charge in [0.25, 0.3) is 5.91 Å². The summed E-state index contributed by atoms with van der Waals surface area (Å²) < 4.78 is 0.695. The Morgan fingerprint density at radius 3 is 2.71 bits per heavy atom. The zero-order valence-electron chi connectivity index (χ0n) is 19.2. The molecule has 0 spiro atoms. The molecule has 2 N–H and O–H groups in total. The predicted octanol–water partition coefficient (Wildman–Crippen LogP) is 2.95. The molecular weight excluding hydrogens is 450 g/mol. The monoisotopic (exact) mass is 477 g/mol. The Labute approximate surface area is 201 Å². The summed E-state index contributed by atoms with van der Waals surface area (Å²) in [6, 6.07) is 3.79. The maximum Gasteiger partial charge on any atom is 0.274 e. The van der Waals surface area contributed by atoms with Crippen molar-refractivity contribution in [3.05, 3.63) is 40.8 Å². The summed E-state index contributed by atoms with van der Waals surface area (Å²) in [6.07, 6.45) is 6.97. The van der Waals surface area contributed by atoms with Gasteiger partial charge >= 0.3 is 0 Å². The van der Waals surface area contributed by atoms with Gasteiger partial charge in [-0.15, -0.1) is 11.3 Å². The molecule has 2 atom stereocenters. The van der Waals surface area contributed by atoms with Gasteiger partial charge in [0, 0.05) is 31.4 Å². The van der Waals surface area contributed by atoms with Crippen molar-refractivity contribution in [2.75, 3.05) is 18.4 Å². The van der Waals surface area contributed by atoms with Crippen LogP contribution in [0, 0.1) is 24.7 Å². The first kappa shape index (κ1) is 21.4. The first-order chi connectivity index (χ1) is 16.4. The van der Waals surface area contributed by atoms with E-state index in [0.717, 1.165) is 22.9 Å². The molecule has 1 saturated heterocycles. The summed E-state index contributed by atoms with van der Waals surface area (Å²) in [5.74, 6) is 1.88. The average molecular weight is 478 g/mol. The molecule has 3 aliphatic carbocycles. The third-order valence-electron chi connectivity index (χ3n) is 7.37. The Kier molecular flexibility index (Phi) is 5.20. The predicted molar refractivity (Wildman–Crippen MR) is 128 cm³/mol. The third-order valence-corrected chi connectivity index (χ3v) is 8.34. The van der Waals surface area contributed by atoms with Crippen molar-refractivity contribution in [2.45, 2.75) is 45.2 Å². The summed E-state index contributed by atoms with van der Waals surface area (Å²) in [4.78, 5) is 45.5. The van der Waals surface area contributed by atoms with E-state index in [-0.39, 0.29) is 29.8 Å². The van der Waals surface area contributed by atoms with Crippen LogP contribution in [0.2, 0.25) is 0 Å². The first-order valence-corrected chi connectivity index (χ1v) is 12.7. The molecule has 10 heteroatoms. The normalized spacial score (nSPS) is 24.4. The van der Waals surface area contributed by atoms with Gasteiger partial charge in [-0.25, -0.2) is 9.97 Å². The number of fused-ring (bicyclic) bond motifs is 2. The molecule has 2 unspecified atom stereocenters. The smallest absolute Gasteiger partial charge is 0.274 e. The van der Waals surface area contributed by atoms with Gasteiger partial charge in [-0.05, 0) is 56.6 Å². The molecule has 4 heterocycles. The van der Waals surface area contributed by atoms with Crippen molar-refractivity contribution < 1.29 is 9.59 Å². The van der Waals surface area contributed by atoms with Gasteiger partial charge in [0.2, 0.25) is 11.9 Å². The minimum Gasteiger partial charge on any atom is -0.350 e. The lowest BCUT2D eigenvalue weighted by molar-refractivity contribution is -0.127. The number of amides is 2. The highest BCUT2D eigenvalue weighted by molar-refractivity contribution is 7.18. The molecule has 2 bridgehead atoms. The van der Waals surface area contributed by atoms with Crippen molar-refractivity contribution in [3.8, 4) is 0 Å². The molecule has 3 aromatic heterocycles. The molecule has 7 rings (SSSR count). The summed E-state index contributed by atoms with van der Waals surface area (Å²) in [6.45, 7) is 4.90. The summed E-state index contributed by atoms with van der Waals surface area (Å²) in [5, 5.41) is 7.27. The highest BCUT2D eigenvalue weighted by atomic mass is 32.1. The fraction of sp³-hybridized carbons (Fsp3) is 0.500. The quantitative estimate of drug-likeness (QED) is 0.561. The highest BCUT2D eigenvalue weighted by Crippen LogP contribution is 2.52. The molecule has 0 radical (unpaired) electrons. The van der Waals surface area contributed by atoms with Crippen LogP contribution in [0.15, 0.2) is 24.5 Å². The molecular formula is C24H27N7O2S. The second kappa shape index (κ2) is 8.26. The van der Waals surface area contributed by atoms with E-state index in [4.69, 9.17) is 0 Å². The van der Waals surface area contributed by atoms with Gasteiger partial charge in [-0.3, -0.25) is 14.6 Å². The molecule has 1 aliphatic heterocycles. The maximum absolute atomic E-state index is 13.4. The van der Waals surface area contributed by atoms with Crippen molar-refractivity contribution >= 4 is 39.4 Å². The van der Waals surface area contributed by atoms with E-state index >= 15 is 0 Å². The average Bonchev–Trinajstić information content (AvgIpc) is 3.48. The number of anilines is 1. The third kappa shape index (κ3) is 3.79. The van der Waals surface area contributed by atoms with Crippen molar-refractivity contribution in [2.24, 2.45) is 17.8 Å². The number of thiazole rings is 1. The van der Waals surface area contributed by atoms with Crippen molar-refractivity contribution in [3.63, 3.8) is 0 Å². The SMILES string of the molecule is Cc1nc2nc(NC(C)c3cccnc3)nc(C(=O)N3CC(NC(=O)C4CC5CC4C5)C3)c2s1.